The Morgan fingerprint density at radius 1 is 1.24 bits per heavy atom. The molecule has 2 aromatic rings. The standard InChI is InChI=1S/C17H17BrClNO/c1-11-6-5-8-14(16(11)18)17(21)20-12(2)10-13-7-3-4-9-15(13)19/h3-9,12H,10H2,1-2H3,(H,20,21). The molecule has 21 heavy (non-hydrogen) atoms. The first-order chi connectivity index (χ1) is 9.99. The van der Waals surface area contributed by atoms with E-state index in [0.717, 1.165) is 20.6 Å². The van der Waals surface area contributed by atoms with E-state index < -0.39 is 0 Å². The Morgan fingerprint density at radius 3 is 2.67 bits per heavy atom. The van der Waals surface area contributed by atoms with Gasteiger partial charge in [-0.05, 0) is 59.5 Å². The number of carbonyl (C=O) groups is 1. The van der Waals surface area contributed by atoms with Crippen molar-refractivity contribution in [2.45, 2.75) is 26.3 Å². The molecule has 0 aliphatic carbocycles. The lowest BCUT2D eigenvalue weighted by molar-refractivity contribution is 0.0939. The average molecular weight is 367 g/mol. The molecule has 0 saturated carbocycles. The first kappa shape index (κ1) is 16.1. The largest absolute Gasteiger partial charge is 0.349 e. The molecule has 2 aromatic carbocycles. The quantitative estimate of drug-likeness (QED) is 0.829. The molecule has 0 fully saturated rings. The summed E-state index contributed by atoms with van der Waals surface area (Å²) in [6.45, 7) is 3.94. The smallest absolute Gasteiger partial charge is 0.252 e. The van der Waals surface area contributed by atoms with Crippen LogP contribution in [0.15, 0.2) is 46.9 Å². The van der Waals surface area contributed by atoms with Crippen molar-refractivity contribution in [3.63, 3.8) is 0 Å². The Morgan fingerprint density at radius 2 is 1.95 bits per heavy atom. The average Bonchev–Trinajstić information content (AvgIpc) is 2.44. The Balaban J connectivity index is 2.06. The van der Waals surface area contributed by atoms with Crippen molar-refractivity contribution in [3.8, 4) is 0 Å². The van der Waals surface area contributed by atoms with Gasteiger partial charge in [0, 0.05) is 15.5 Å². The number of amides is 1. The van der Waals surface area contributed by atoms with Crippen LogP contribution in [0, 0.1) is 6.92 Å². The molecule has 0 aliphatic heterocycles. The van der Waals surface area contributed by atoms with Gasteiger partial charge < -0.3 is 5.32 Å². The minimum absolute atomic E-state index is 0.00446. The fourth-order valence-electron chi connectivity index (χ4n) is 2.17. The van der Waals surface area contributed by atoms with Crippen molar-refractivity contribution in [3.05, 3.63) is 68.7 Å². The number of hydrogen-bond donors (Lipinski definition) is 1. The number of carbonyl (C=O) groups excluding carboxylic acids is 1. The number of hydrogen-bond acceptors (Lipinski definition) is 1. The number of aryl methyl sites for hydroxylation is 1. The molecule has 0 aromatic heterocycles. The molecule has 110 valence electrons. The van der Waals surface area contributed by atoms with Crippen molar-refractivity contribution < 1.29 is 4.79 Å². The van der Waals surface area contributed by atoms with Gasteiger partial charge in [-0.2, -0.15) is 0 Å². The second-order valence-corrected chi connectivity index (χ2v) is 6.31. The highest BCUT2D eigenvalue weighted by molar-refractivity contribution is 9.10. The summed E-state index contributed by atoms with van der Waals surface area (Å²) >= 11 is 9.61. The fraction of sp³-hybridized carbons (Fsp3) is 0.235. The van der Waals surface area contributed by atoms with E-state index in [9.17, 15) is 4.79 Å². The molecule has 2 rings (SSSR count). The molecule has 0 bridgehead atoms. The molecular formula is C17H17BrClNO. The highest BCUT2D eigenvalue weighted by Gasteiger charge is 2.14. The third-order valence-electron chi connectivity index (χ3n) is 3.30. The van der Waals surface area contributed by atoms with Crippen molar-refractivity contribution >= 4 is 33.4 Å². The van der Waals surface area contributed by atoms with Crippen LogP contribution in [0.2, 0.25) is 5.02 Å². The van der Waals surface area contributed by atoms with Gasteiger partial charge in [-0.3, -0.25) is 4.79 Å². The summed E-state index contributed by atoms with van der Waals surface area (Å²) in [6.07, 6.45) is 0.703. The zero-order chi connectivity index (χ0) is 15.4. The molecular weight excluding hydrogens is 350 g/mol. The molecule has 1 N–H and O–H groups in total. The van der Waals surface area contributed by atoms with Crippen molar-refractivity contribution in [2.75, 3.05) is 0 Å². The van der Waals surface area contributed by atoms with E-state index in [-0.39, 0.29) is 11.9 Å². The predicted molar refractivity (Wildman–Crippen MR) is 91.0 cm³/mol. The van der Waals surface area contributed by atoms with Crippen LogP contribution in [-0.2, 0) is 6.42 Å². The maximum atomic E-state index is 12.3. The zero-order valence-corrected chi connectivity index (χ0v) is 14.3. The van der Waals surface area contributed by atoms with Crippen LogP contribution < -0.4 is 5.32 Å². The summed E-state index contributed by atoms with van der Waals surface area (Å²) in [5.41, 5.74) is 2.73. The third-order valence-corrected chi connectivity index (χ3v) is 4.72. The van der Waals surface area contributed by atoms with Crippen LogP contribution in [0.5, 0.6) is 0 Å². The Labute approximate surface area is 138 Å². The van der Waals surface area contributed by atoms with Gasteiger partial charge in [0.15, 0.2) is 0 Å². The van der Waals surface area contributed by atoms with E-state index in [1.807, 2.05) is 56.3 Å². The highest BCUT2D eigenvalue weighted by Crippen LogP contribution is 2.21. The normalized spacial score (nSPS) is 12.0. The third kappa shape index (κ3) is 4.08. The molecule has 1 atom stereocenters. The zero-order valence-electron chi connectivity index (χ0n) is 12.0. The van der Waals surface area contributed by atoms with Crippen LogP contribution in [0.3, 0.4) is 0 Å². The van der Waals surface area contributed by atoms with E-state index in [1.165, 1.54) is 0 Å². The number of halogens is 2. The van der Waals surface area contributed by atoms with Gasteiger partial charge in [-0.1, -0.05) is 41.9 Å². The molecule has 1 amide bonds. The minimum Gasteiger partial charge on any atom is -0.349 e. The maximum Gasteiger partial charge on any atom is 0.252 e. The first-order valence-electron chi connectivity index (χ1n) is 6.78. The lowest BCUT2D eigenvalue weighted by Gasteiger charge is -2.16. The van der Waals surface area contributed by atoms with Gasteiger partial charge in [0.05, 0.1) is 5.56 Å². The van der Waals surface area contributed by atoms with Crippen LogP contribution in [0.1, 0.15) is 28.4 Å². The molecule has 2 nitrogen and oxygen atoms in total. The SMILES string of the molecule is Cc1cccc(C(=O)NC(C)Cc2ccccc2Cl)c1Br. The van der Waals surface area contributed by atoms with Gasteiger partial charge in [-0.15, -0.1) is 0 Å². The Hall–Kier alpha value is -1.32. The molecule has 0 saturated heterocycles. The number of rotatable bonds is 4. The summed E-state index contributed by atoms with van der Waals surface area (Å²) in [6, 6.07) is 13.4. The number of benzene rings is 2. The van der Waals surface area contributed by atoms with E-state index in [1.54, 1.807) is 0 Å². The fourth-order valence-corrected chi connectivity index (χ4v) is 2.83. The topological polar surface area (TPSA) is 29.1 Å². The summed E-state index contributed by atoms with van der Waals surface area (Å²) in [5.74, 6) is -0.0786. The van der Waals surface area contributed by atoms with E-state index in [4.69, 9.17) is 11.6 Å². The van der Waals surface area contributed by atoms with Gasteiger partial charge in [0.2, 0.25) is 0 Å². The summed E-state index contributed by atoms with van der Waals surface area (Å²) in [5, 5.41) is 3.74. The van der Waals surface area contributed by atoms with Crippen LogP contribution in [-0.4, -0.2) is 11.9 Å². The Bertz CT molecular complexity index is 657. The second kappa shape index (κ2) is 7.10. The maximum absolute atomic E-state index is 12.3. The highest BCUT2D eigenvalue weighted by atomic mass is 79.9. The van der Waals surface area contributed by atoms with E-state index in [0.29, 0.717) is 12.0 Å². The van der Waals surface area contributed by atoms with Crippen LogP contribution in [0.25, 0.3) is 0 Å². The van der Waals surface area contributed by atoms with Gasteiger partial charge in [-0.25, -0.2) is 0 Å². The molecule has 1 unspecified atom stereocenters. The first-order valence-corrected chi connectivity index (χ1v) is 7.95. The molecule has 0 aliphatic rings. The van der Waals surface area contributed by atoms with Crippen LogP contribution in [0.4, 0.5) is 0 Å². The van der Waals surface area contributed by atoms with Gasteiger partial charge in [0.1, 0.15) is 0 Å². The Kier molecular flexibility index (Phi) is 5.43. The molecule has 0 heterocycles. The van der Waals surface area contributed by atoms with E-state index in [2.05, 4.69) is 21.2 Å². The second-order valence-electron chi connectivity index (χ2n) is 5.11. The summed E-state index contributed by atoms with van der Waals surface area (Å²) in [4.78, 5) is 12.3. The summed E-state index contributed by atoms with van der Waals surface area (Å²) < 4.78 is 0.840. The van der Waals surface area contributed by atoms with Crippen LogP contribution >= 0.6 is 27.5 Å². The molecule has 4 heteroatoms. The minimum atomic E-state index is -0.0786. The lowest BCUT2D eigenvalue weighted by Crippen LogP contribution is -2.34. The number of nitrogens with one attached hydrogen (secondary N) is 1. The van der Waals surface area contributed by atoms with E-state index >= 15 is 0 Å². The predicted octanol–water partition coefficient (Wildman–Crippen LogP) is 4.77. The van der Waals surface area contributed by atoms with Gasteiger partial charge in [0.25, 0.3) is 5.91 Å². The monoisotopic (exact) mass is 365 g/mol. The van der Waals surface area contributed by atoms with Crippen molar-refractivity contribution in [1.82, 2.24) is 5.32 Å². The molecule has 0 spiro atoms. The van der Waals surface area contributed by atoms with Gasteiger partial charge >= 0.3 is 0 Å². The lowest BCUT2D eigenvalue weighted by atomic mass is 10.1. The van der Waals surface area contributed by atoms with Crippen molar-refractivity contribution in [2.24, 2.45) is 0 Å². The summed E-state index contributed by atoms with van der Waals surface area (Å²) in [7, 11) is 0. The van der Waals surface area contributed by atoms with Crippen molar-refractivity contribution in [1.29, 1.82) is 0 Å². The molecule has 0 radical (unpaired) electrons.